The standard InChI is InChI=1S/C22H31N3O5.HI/c1-15(30-18-9-7-8-17(12-18)26-3)13-24-22(23-2)25-14-16-10-11-19(27-4)21(29-6)20(16)28-5;/h7-12,15H,13-14H2,1-6H3,(H2,23,24,25);1H. The molecule has 0 amide bonds. The van der Waals surface area contributed by atoms with Crippen molar-refractivity contribution in [3.63, 3.8) is 0 Å². The van der Waals surface area contributed by atoms with E-state index in [0.29, 0.717) is 36.3 Å². The highest BCUT2D eigenvalue weighted by atomic mass is 127. The van der Waals surface area contributed by atoms with Crippen LogP contribution in [0.25, 0.3) is 0 Å². The first kappa shape index (κ1) is 26.5. The Hall–Kier alpha value is -2.56. The number of halogens is 1. The lowest BCUT2D eigenvalue weighted by molar-refractivity contribution is 0.223. The summed E-state index contributed by atoms with van der Waals surface area (Å²) in [5, 5.41) is 6.54. The maximum absolute atomic E-state index is 5.93. The Bertz CT molecular complexity index is 848. The van der Waals surface area contributed by atoms with Gasteiger partial charge in [0.25, 0.3) is 0 Å². The molecule has 0 fully saturated rings. The summed E-state index contributed by atoms with van der Waals surface area (Å²) in [6.45, 7) is 3.05. The number of methoxy groups -OCH3 is 4. The summed E-state index contributed by atoms with van der Waals surface area (Å²) in [7, 11) is 8.13. The Morgan fingerprint density at radius 2 is 1.61 bits per heavy atom. The van der Waals surface area contributed by atoms with Crippen molar-refractivity contribution >= 4 is 29.9 Å². The summed E-state index contributed by atoms with van der Waals surface area (Å²) < 4.78 is 27.4. The van der Waals surface area contributed by atoms with E-state index in [1.165, 1.54) is 0 Å². The molecule has 0 aromatic heterocycles. The summed E-state index contributed by atoms with van der Waals surface area (Å²) >= 11 is 0. The molecule has 172 valence electrons. The van der Waals surface area contributed by atoms with E-state index in [9.17, 15) is 0 Å². The van der Waals surface area contributed by atoms with Gasteiger partial charge in [-0.15, -0.1) is 24.0 Å². The minimum absolute atomic E-state index is 0. The van der Waals surface area contributed by atoms with Crippen molar-refractivity contribution in [2.75, 3.05) is 42.0 Å². The van der Waals surface area contributed by atoms with Crippen LogP contribution in [0.3, 0.4) is 0 Å². The van der Waals surface area contributed by atoms with Crippen LogP contribution < -0.4 is 34.3 Å². The molecule has 0 aliphatic carbocycles. The van der Waals surface area contributed by atoms with Crippen molar-refractivity contribution in [2.24, 2.45) is 4.99 Å². The Balaban J connectivity index is 0.00000480. The third-order valence-corrected chi connectivity index (χ3v) is 4.39. The zero-order valence-electron chi connectivity index (χ0n) is 18.9. The van der Waals surface area contributed by atoms with Crippen molar-refractivity contribution in [1.29, 1.82) is 0 Å². The first-order valence-corrected chi connectivity index (χ1v) is 9.59. The van der Waals surface area contributed by atoms with Crippen LogP contribution in [-0.2, 0) is 6.54 Å². The molecule has 0 heterocycles. The minimum atomic E-state index is -0.0775. The van der Waals surface area contributed by atoms with E-state index in [0.717, 1.165) is 17.1 Å². The van der Waals surface area contributed by atoms with Crippen LogP contribution in [0.1, 0.15) is 12.5 Å². The van der Waals surface area contributed by atoms with Crippen LogP contribution in [0, 0.1) is 0 Å². The first-order valence-electron chi connectivity index (χ1n) is 9.59. The maximum Gasteiger partial charge on any atom is 0.203 e. The predicted molar refractivity (Wildman–Crippen MR) is 133 cm³/mol. The molecule has 8 nitrogen and oxygen atoms in total. The predicted octanol–water partition coefficient (Wildman–Crippen LogP) is 3.47. The Morgan fingerprint density at radius 1 is 0.903 bits per heavy atom. The molecule has 9 heteroatoms. The number of hydrogen-bond donors (Lipinski definition) is 2. The molecule has 2 N–H and O–H groups in total. The molecule has 0 saturated heterocycles. The van der Waals surface area contributed by atoms with Gasteiger partial charge >= 0.3 is 0 Å². The van der Waals surface area contributed by atoms with E-state index in [-0.39, 0.29) is 30.1 Å². The van der Waals surface area contributed by atoms with Crippen LogP contribution in [0.2, 0.25) is 0 Å². The second-order valence-electron chi connectivity index (χ2n) is 6.41. The average molecular weight is 545 g/mol. The Morgan fingerprint density at radius 3 is 2.23 bits per heavy atom. The van der Waals surface area contributed by atoms with Gasteiger partial charge in [-0.1, -0.05) is 6.07 Å². The monoisotopic (exact) mass is 545 g/mol. The molecule has 1 unspecified atom stereocenters. The van der Waals surface area contributed by atoms with Gasteiger partial charge in [-0.2, -0.15) is 0 Å². The number of nitrogens with one attached hydrogen (secondary N) is 2. The fourth-order valence-electron chi connectivity index (χ4n) is 2.89. The maximum atomic E-state index is 5.93. The van der Waals surface area contributed by atoms with Crippen LogP contribution in [-0.4, -0.2) is 54.1 Å². The molecule has 1 atom stereocenters. The van der Waals surface area contributed by atoms with Crippen LogP contribution in [0.4, 0.5) is 0 Å². The number of benzene rings is 2. The zero-order chi connectivity index (χ0) is 21.9. The molecule has 31 heavy (non-hydrogen) atoms. The smallest absolute Gasteiger partial charge is 0.203 e. The Kier molecular flexibility index (Phi) is 11.7. The summed E-state index contributed by atoms with van der Waals surface area (Å²) in [4.78, 5) is 4.26. The highest BCUT2D eigenvalue weighted by molar-refractivity contribution is 14.0. The summed E-state index contributed by atoms with van der Waals surface area (Å²) in [6, 6.07) is 11.3. The number of guanidine groups is 1. The fraction of sp³-hybridized carbons (Fsp3) is 0.409. The Labute approximate surface area is 201 Å². The van der Waals surface area contributed by atoms with Crippen LogP contribution in [0.5, 0.6) is 28.7 Å². The topological polar surface area (TPSA) is 82.6 Å². The lowest BCUT2D eigenvalue weighted by Crippen LogP contribution is -2.41. The highest BCUT2D eigenvalue weighted by Crippen LogP contribution is 2.39. The van der Waals surface area contributed by atoms with Crippen molar-refractivity contribution in [3.8, 4) is 28.7 Å². The second-order valence-corrected chi connectivity index (χ2v) is 6.41. The lowest BCUT2D eigenvalue weighted by atomic mass is 10.1. The van der Waals surface area contributed by atoms with Gasteiger partial charge in [-0.3, -0.25) is 4.99 Å². The van der Waals surface area contributed by atoms with E-state index in [2.05, 4.69) is 15.6 Å². The summed E-state index contributed by atoms with van der Waals surface area (Å²) in [6.07, 6.45) is -0.0775. The number of hydrogen-bond acceptors (Lipinski definition) is 6. The number of rotatable bonds is 10. The first-order chi connectivity index (χ1) is 14.6. The highest BCUT2D eigenvalue weighted by Gasteiger charge is 2.16. The SMILES string of the molecule is CN=C(NCc1ccc(OC)c(OC)c1OC)NCC(C)Oc1cccc(OC)c1.I. The van der Waals surface area contributed by atoms with E-state index < -0.39 is 0 Å². The van der Waals surface area contributed by atoms with Crippen LogP contribution >= 0.6 is 24.0 Å². The number of ether oxygens (including phenoxy) is 5. The molecule has 0 spiro atoms. The third kappa shape index (κ3) is 7.57. The molecule has 0 aliphatic heterocycles. The van der Waals surface area contributed by atoms with E-state index in [1.54, 1.807) is 35.5 Å². The molecular weight excluding hydrogens is 513 g/mol. The summed E-state index contributed by atoms with van der Waals surface area (Å²) in [5.41, 5.74) is 0.916. The van der Waals surface area contributed by atoms with Gasteiger partial charge < -0.3 is 34.3 Å². The molecule has 0 aliphatic rings. The third-order valence-electron chi connectivity index (χ3n) is 4.39. The largest absolute Gasteiger partial charge is 0.497 e. The van der Waals surface area contributed by atoms with Gasteiger partial charge in [0.15, 0.2) is 17.5 Å². The molecule has 2 rings (SSSR count). The van der Waals surface area contributed by atoms with Gasteiger partial charge in [0.05, 0.1) is 35.0 Å². The van der Waals surface area contributed by atoms with Crippen molar-refractivity contribution < 1.29 is 23.7 Å². The van der Waals surface area contributed by atoms with Gasteiger partial charge in [-0.25, -0.2) is 0 Å². The minimum Gasteiger partial charge on any atom is -0.497 e. The second kappa shape index (κ2) is 13.7. The van der Waals surface area contributed by atoms with Crippen molar-refractivity contribution in [1.82, 2.24) is 10.6 Å². The average Bonchev–Trinajstić information content (AvgIpc) is 2.78. The van der Waals surface area contributed by atoms with Crippen molar-refractivity contribution in [3.05, 3.63) is 42.0 Å². The fourth-order valence-corrected chi connectivity index (χ4v) is 2.89. The molecular formula is C22H32IN3O5. The zero-order valence-corrected chi connectivity index (χ0v) is 21.2. The van der Waals surface area contributed by atoms with E-state index in [1.807, 2.05) is 43.3 Å². The van der Waals surface area contributed by atoms with Crippen molar-refractivity contribution in [2.45, 2.75) is 19.6 Å². The number of aliphatic imine (C=N–C) groups is 1. The van der Waals surface area contributed by atoms with Gasteiger partial charge in [0.1, 0.15) is 17.6 Å². The van der Waals surface area contributed by atoms with Gasteiger partial charge in [0.2, 0.25) is 5.75 Å². The molecule has 0 bridgehead atoms. The molecule has 0 saturated carbocycles. The summed E-state index contributed by atoms with van der Waals surface area (Å²) in [5.74, 6) is 3.95. The molecule has 0 radical (unpaired) electrons. The number of nitrogens with zero attached hydrogens (tertiary/aromatic N) is 1. The molecule has 2 aromatic rings. The lowest BCUT2D eigenvalue weighted by Gasteiger charge is -2.19. The van der Waals surface area contributed by atoms with E-state index in [4.69, 9.17) is 23.7 Å². The van der Waals surface area contributed by atoms with E-state index >= 15 is 0 Å². The van der Waals surface area contributed by atoms with Gasteiger partial charge in [-0.05, 0) is 31.2 Å². The van der Waals surface area contributed by atoms with Gasteiger partial charge in [0, 0.05) is 25.2 Å². The normalized spacial score (nSPS) is 11.6. The van der Waals surface area contributed by atoms with Crippen LogP contribution in [0.15, 0.2) is 41.4 Å². The molecule has 2 aromatic carbocycles. The quantitative estimate of drug-likeness (QED) is 0.269.